The normalized spacial score (nSPS) is 18.6. The minimum absolute atomic E-state index is 0.136. The molecule has 1 aromatic rings. The van der Waals surface area contributed by atoms with Gasteiger partial charge in [-0.2, -0.15) is 0 Å². The van der Waals surface area contributed by atoms with E-state index in [1.54, 1.807) is 14.2 Å². The van der Waals surface area contributed by atoms with Crippen LogP contribution in [0.2, 0.25) is 0 Å². The molecule has 0 saturated carbocycles. The van der Waals surface area contributed by atoms with Crippen LogP contribution in [0.15, 0.2) is 16.6 Å². The van der Waals surface area contributed by atoms with E-state index in [9.17, 15) is 4.79 Å². The van der Waals surface area contributed by atoms with Crippen molar-refractivity contribution in [1.29, 1.82) is 0 Å². The highest BCUT2D eigenvalue weighted by molar-refractivity contribution is 9.10. The third-order valence-corrected chi connectivity index (χ3v) is 3.84. The third kappa shape index (κ3) is 2.77. The first-order valence-electron chi connectivity index (χ1n) is 5.83. The van der Waals surface area contributed by atoms with Gasteiger partial charge in [0.05, 0.1) is 14.2 Å². The predicted molar refractivity (Wildman–Crippen MR) is 72.1 cm³/mol. The van der Waals surface area contributed by atoms with Crippen LogP contribution in [-0.2, 0) is 11.2 Å². The molecule has 2 rings (SSSR count). The van der Waals surface area contributed by atoms with Gasteiger partial charge in [-0.05, 0) is 30.5 Å². The lowest BCUT2D eigenvalue weighted by Gasteiger charge is -2.15. The molecule has 1 amide bonds. The fourth-order valence-electron chi connectivity index (χ4n) is 2.15. The first-order valence-corrected chi connectivity index (χ1v) is 6.63. The maximum atomic E-state index is 11.2. The van der Waals surface area contributed by atoms with Crippen LogP contribution in [0.1, 0.15) is 18.4 Å². The van der Waals surface area contributed by atoms with Crippen LogP contribution in [0.3, 0.4) is 0 Å². The number of benzene rings is 1. The predicted octanol–water partition coefficient (Wildman–Crippen LogP) is 2.29. The quantitative estimate of drug-likeness (QED) is 0.927. The molecule has 0 bridgehead atoms. The molecule has 98 valence electrons. The number of halogens is 1. The molecule has 1 N–H and O–H groups in total. The molecular formula is C13H16BrNO3. The summed E-state index contributed by atoms with van der Waals surface area (Å²) in [7, 11) is 3.23. The number of rotatable bonds is 4. The van der Waals surface area contributed by atoms with Crippen LogP contribution in [0.25, 0.3) is 0 Å². The van der Waals surface area contributed by atoms with Gasteiger partial charge in [0.25, 0.3) is 0 Å². The second-order valence-corrected chi connectivity index (χ2v) is 5.16. The Bertz CT molecular complexity index is 462. The van der Waals surface area contributed by atoms with E-state index in [0.717, 1.165) is 22.9 Å². The average molecular weight is 314 g/mol. The van der Waals surface area contributed by atoms with Crippen LogP contribution in [0.5, 0.6) is 11.5 Å². The van der Waals surface area contributed by atoms with Crippen molar-refractivity contribution in [3.63, 3.8) is 0 Å². The maximum absolute atomic E-state index is 11.2. The molecule has 5 heteroatoms. The van der Waals surface area contributed by atoms with Gasteiger partial charge in [0.1, 0.15) is 0 Å². The number of methoxy groups -OCH3 is 2. The minimum Gasteiger partial charge on any atom is -0.493 e. The number of carbonyl (C=O) groups is 1. The van der Waals surface area contributed by atoms with E-state index < -0.39 is 0 Å². The molecule has 1 aromatic carbocycles. The van der Waals surface area contributed by atoms with Gasteiger partial charge >= 0.3 is 0 Å². The van der Waals surface area contributed by atoms with E-state index in [2.05, 4.69) is 21.2 Å². The molecule has 1 heterocycles. The molecule has 1 unspecified atom stereocenters. The molecule has 0 spiro atoms. The largest absolute Gasteiger partial charge is 0.493 e. The number of hydrogen-bond donors (Lipinski definition) is 1. The molecule has 0 aliphatic carbocycles. The van der Waals surface area contributed by atoms with E-state index in [-0.39, 0.29) is 11.9 Å². The van der Waals surface area contributed by atoms with Crippen LogP contribution in [-0.4, -0.2) is 26.2 Å². The third-order valence-electron chi connectivity index (χ3n) is 3.10. The summed E-state index contributed by atoms with van der Waals surface area (Å²) in [6.07, 6.45) is 2.31. The first kappa shape index (κ1) is 13.2. The summed E-state index contributed by atoms with van der Waals surface area (Å²) in [5.41, 5.74) is 1.11. The van der Waals surface area contributed by atoms with Gasteiger partial charge < -0.3 is 14.8 Å². The van der Waals surface area contributed by atoms with Gasteiger partial charge in [0.2, 0.25) is 5.91 Å². The van der Waals surface area contributed by atoms with E-state index in [4.69, 9.17) is 9.47 Å². The van der Waals surface area contributed by atoms with Gasteiger partial charge in [-0.3, -0.25) is 4.79 Å². The van der Waals surface area contributed by atoms with Crippen LogP contribution in [0, 0.1) is 0 Å². The fourth-order valence-corrected chi connectivity index (χ4v) is 2.63. The van der Waals surface area contributed by atoms with Crippen molar-refractivity contribution < 1.29 is 14.3 Å². The molecule has 0 radical (unpaired) electrons. The van der Waals surface area contributed by atoms with Crippen LogP contribution < -0.4 is 14.8 Å². The molecule has 18 heavy (non-hydrogen) atoms. The second-order valence-electron chi connectivity index (χ2n) is 4.31. The van der Waals surface area contributed by atoms with E-state index >= 15 is 0 Å². The summed E-state index contributed by atoms with van der Waals surface area (Å²) in [4.78, 5) is 11.2. The number of amides is 1. The summed E-state index contributed by atoms with van der Waals surface area (Å²) in [5.74, 6) is 1.54. The van der Waals surface area contributed by atoms with Gasteiger partial charge in [-0.15, -0.1) is 0 Å². The maximum Gasteiger partial charge on any atom is 0.220 e. The molecular weight excluding hydrogens is 298 g/mol. The zero-order chi connectivity index (χ0) is 13.1. The molecule has 1 atom stereocenters. The Morgan fingerprint density at radius 1 is 1.33 bits per heavy atom. The second kappa shape index (κ2) is 5.61. The highest BCUT2D eigenvalue weighted by atomic mass is 79.9. The Hall–Kier alpha value is -1.23. The van der Waals surface area contributed by atoms with Gasteiger partial charge in [0, 0.05) is 16.9 Å². The topological polar surface area (TPSA) is 47.6 Å². The fraction of sp³-hybridized carbons (Fsp3) is 0.462. The Kier molecular flexibility index (Phi) is 4.11. The number of carbonyl (C=O) groups excluding carboxylic acids is 1. The number of ether oxygens (including phenoxy) is 2. The summed E-state index contributed by atoms with van der Waals surface area (Å²) < 4.78 is 11.5. The Morgan fingerprint density at radius 2 is 2.00 bits per heavy atom. The van der Waals surface area contributed by atoms with Crippen molar-refractivity contribution in [2.75, 3.05) is 14.2 Å². The van der Waals surface area contributed by atoms with Crippen molar-refractivity contribution in [1.82, 2.24) is 5.32 Å². The van der Waals surface area contributed by atoms with E-state index in [0.29, 0.717) is 17.9 Å². The zero-order valence-corrected chi connectivity index (χ0v) is 12.0. The molecule has 1 aliphatic rings. The highest BCUT2D eigenvalue weighted by Crippen LogP contribution is 2.34. The van der Waals surface area contributed by atoms with Crippen LogP contribution in [0.4, 0.5) is 0 Å². The number of hydrogen-bond acceptors (Lipinski definition) is 3. The summed E-state index contributed by atoms with van der Waals surface area (Å²) >= 11 is 3.53. The summed E-state index contributed by atoms with van der Waals surface area (Å²) in [6, 6.07) is 4.06. The van der Waals surface area contributed by atoms with Crippen molar-refractivity contribution in [2.24, 2.45) is 0 Å². The van der Waals surface area contributed by atoms with E-state index in [1.807, 2.05) is 12.1 Å². The van der Waals surface area contributed by atoms with Gasteiger partial charge in [0.15, 0.2) is 11.5 Å². The smallest absolute Gasteiger partial charge is 0.220 e. The molecule has 1 aliphatic heterocycles. The van der Waals surface area contributed by atoms with Crippen molar-refractivity contribution in [3.8, 4) is 11.5 Å². The monoisotopic (exact) mass is 313 g/mol. The Morgan fingerprint density at radius 3 is 2.56 bits per heavy atom. The standard InChI is InChI=1S/C13H16BrNO3/c1-17-11-6-8(10(14)7-12(11)18-2)5-9-3-4-13(16)15-9/h6-7,9H,3-5H2,1-2H3,(H,15,16). The average Bonchev–Trinajstić information content (AvgIpc) is 2.77. The molecule has 4 nitrogen and oxygen atoms in total. The van der Waals surface area contributed by atoms with Crippen molar-refractivity contribution in [2.45, 2.75) is 25.3 Å². The van der Waals surface area contributed by atoms with E-state index in [1.165, 1.54) is 0 Å². The lowest BCUT2D eigenvalue weighted by Crippen LogP contribution is -2.27. The zero-order valence-electron chi connectivity index (χ0n) is 10.5. The molecule has 1 saturated heterocycles. The van der Waals surface area contributed by atoms with Crippen molar-refractivity contribution in [3.05, 3.63) is 22.2 Å². The van der Waals surface area contributed by atoms with Gasteiger partial charge in [-0.1, -0.05) is 15.9 Å². The minimum atomic E-state index is 0.136. The lowest BCUT2D eigenvalue weighted by atomic mass is 10.0. The van der Waals surface area contributed by atoms with Gasteiger partial charge in [-0.25, -0.2) is 0 Å². The highest BCUT2D eigenvalue weighted by Gasteiger charge is 2.22. The Balaban J connectivity index is 2.19. The molecule has 0 aromatic heterocycles. The number of nitrogens with one attached hydrogen (secondary N) is 1. The summed E-state index contributed by atoms with van der Waals surface area (Å²) in [6.45, 7) is 0. The SMILES string of the molecule is COc1cc(Br)c(CC2CCC(=O)N2)cc1OC. The van der Waals surface area contributed by atoms with Crippen molar-refractivity contribution >= 4 is 21.8 Å². The molecule has 1 fully saturated rings. The summed E-state index contributed by atoms with van der Waals surface area (Å²) in [5, 5.41) is 2.96. The lowest BCUT2D eigenvalue weighted by molar-refractivity contribution is -0.119. The first-order chi connectivity index (χ1) is 8.63. The Labute approximate surface area is 115 Å². The van der Waals surface area contributed by atoms with Crippen LogP contribution >= 0.6 is 15.9 Å².